The number of nitrogens with zero attached hydrogens (tertiary/aromatic N) is 15. The van der Waals surface area contributed by atoms with Crippen molar-refractivity contribution in [2.45, 2.75) is 117 Å². The number of nitrogens with one attached hydrogen (secondary N) is 2. The first-order valence-electron chi connectivity index (χ1n) is 29.0. The van der Waals surface area contributed by atoms with Gasteiger partial charge >= 0.3 is 6.09 Å². The van der Waals surface area contributed by atoms with E-state index < -0.39 is 11.7 Å². The SMILES string of the molecule is Cc1cc(C2CCCN2)nc(-n2ccnc2)n1.Cc1cc(C2CCCN2C(=O)CN(Cc2ccc3c(c2)OCO3)C(=O)OC(C)(C)C)nc(-n2ccnc2)n1.Cc1cc(C2CCCN2C(=O)CNCc2ccc3c(c2)OCO3)nc(-n2ccnc2)n1. The van der Waals surface area contributed by atoms with Crippen LogP contribution in [-0.4, -0.2) is 143 Å². The van der Waals surface area contributed by atoms with E-state index in [0.717, 1.165) is 102 Å². The minimum Gasteiger partial charge on any atom is -0.454 e. The summed E-state index contributed by atoms with van der Waals surface area (Å²) in [6, 6.07) is 17.4. The summed E-state index contributed by atoms with van der Waals surface area (Å²) >= 11 is 0. The zero-order chi connectivity index (χ0) is 59.7. The molecule has 0 saturated carbocycles. The number of carbonyl (C=O) groups is 3. The molecule has 0 bridgehead atoms. The van der Waals surface area contributed by atoms with Crippen LogP contribution in [0, 0.1) is 20.8 Å². The zero-order valence-corrected chi connectivity index (χ0v) is 49.2. The van der Waals surface area contributed by atoms with E-state index in [2.05, 4.69) is 51.6 Å². The molecule has 6 aromatic heterocycles. The summed E-state index contributed by atoms with van der Waals surface area (Å²) in [6.45, 7) is 15.0. The molecule has 3 unspecified atom stereocenters. The number of rotatable bonds is 14. The second-order valence-electron chi connectivity index (χ2n) is 22.6. The van der Waals surface area contributed by atoms with Crippen LogP contribution in [-0.2, 0) is 27.4 Å². The molecule has 13 rings (SSSR count). The van der Waals surface area contributed by atoms with Gasteiger partial charge in [-0.05, 0) is 140 Å². The van der Waals surface area contributed by atoms with Gasteiger partial charge < -0.3 is 44.1 Å². The molecule has 25 nitrogen and oxygen atoms in total. The van der Waals surface area contributed by atoms with Gasteiger partial charge in [-0.2, -0.15) is 0 Å². The molecule has 0 radical (unpaired) electrons. The second-order valence-corrected chi connectivity index (χ2v) is 22.6. The number of likely N-dealkylation sites (tertiary alicyclic amines) is 2. The molecule has 448 valence electrons. The molecule has 3 amide bonds. The van der Waals surface area contributed by atoms with Crippen molar-refractivity contribution in [2.24, 2.45) is 0 Å². The molecule has 8 aromatic rings. The summed E-state index contributed by atoms with van der Waals surface area (Å²) in [5.74, 6) is 4.47. The van der Waals surface area contributed by atoms with Gasteiger partial charge in [0, 0.05) is 86.5 Å². The monoisotopic (exact) mass is 1170 g/mol. The van der Waals surface area contributed by atoms with Gasteiger partial charge in [0.1, 0.15) is 31.1 Å². The Hall–Kier alpha value is -9.36. The summed E-state index contributed by atoms with van der Waals surface area (Å²) in [6.07, 6.45) is 20.9. The van der Waals surface area contributed by atoms with Crippen molar-refractivity contribution in [1.29, 1.82) is 0 Å². The van der Waals surface area contributed by atoms with Gasteiger partial charge in [-0.15, -0.1) is 0 Å². The molecule has 86 heavy (non-hydrogen) atoms. The highest BCUT2D eigenvalue weighted by Crippen LogP contribution is 2.36. The van der Waals surface area contributed by atoms with E-state index in [0.29, 0.717) is 48.5 Å². The lowest BCUT2D eigenvalue weighted by molar-refractivity contribution is -0.133. The van der Waals surface area contributed by atoms with Crippen molar-refractivity contribution in [3.8, 4) is 40.8 Å². The van der Waals surface area contributed by atoms with E-state index in [9.17, 15) is 14.4 Å². The molecule has 3 atom stereocenters. The quantitative estimate of drug-likeness (QED) is 0.108. The largest absolute Gasteiger partial charge is 0.454 e. The highest BCUT2D eigenvalue weighted by atomic mass is 16.7. The van der Waals surface area contributed by atoms with Gasteiger partial charge in [0.25, 0.3) is 0 Å². The summed E-state index contributed by atoms with van der Waals surface area (Å²) in [7, 11) is 0. The average Bonchev–Trinajstić information content (AvgIpc) is 2.82. The first-order valence-corrected chi connectivity index (χ1v) is 29.0. The number of aryl methyl sites for hydroxylation is 3. The highest BCUT2D eigenvalue weighted by molar-refractivity contribution is 5.83. The number of hydrogen-bond donors (Lipinski definition) is 2. The van der Waals surface area contributed by atoms with E-state index in [-0.39, 0.29) is 57.1 Å². The number of ether oxygens (including phenoxy) is 5. The molecule has 5 aliphatic heterocycles. The van der Waals surface area contributed by atoms with E-state index in [1.807, 2.05) is 85.1 Å². The standard InChI is InChI=1S/C27H32N6O5.C22H24N6O3.C12H15N5/c1-18-12-20(30-25(29-18)31-11-9-28-16-31)21-6-5-10-33(21)24(34)15-32(26(35)38-27(2,3)4)14-19-7-8-22-23(13-19)37-17-36-22;1-15-9-17(26-22(25-15)27-8-6-23-13-27)18-3-2-7-28(18)21(29)12-24-11-16-4-5-19-20(10-16)31-14-30-19;1-9-7-11(10-3-2-4-14-10)16-12(15-9)17-6-5-13-8-17/h7-9,11-13,16,21H,5-6,10,14-15,17H2,1-4H3;4-6,8-10,13,18,24H,2-3,7,11-12,14H2,1H3;5-8,10,14H,2-4H2,1H3. The number of fused-ring (bicyclic) bond motifs is 2. The van der Waals surface area contributed by atoms with Gasteiger partial charge in [-0.3, -0.25) is 28.2 Å². The molecule has 25 heteroatoms. The van der Waals surface area contributed by atoms with Crippen LogP contribution in [0.5, 0.6) is 23.0 Å². The van der Waals surface area contributed by atoms with Crippen LogP contribution in [0.4, 0.5) is 4.79 Å². The van der Waals surface area contributed by atoms with Crippen LogP contribution in [0.15, 0.2) is 111 Å². The third kappa shape index (κ3) is 14.4. The Morgan fingerprint density at radius 3 is 1.59 bits per heavy atom. The van der Waals surface area contributed by atoms with Gasteiger partial charge in [0.05, 0.1) is 35.7 Å². The smallest absolute Gasteiger partial charge is 0.411 e. The number of amides is 3. The molecule has 5 aliphatic rings. The second kappa shape index (κ2) is 26.3. The first kappa shape index (κ1) is 58.4. The van der Waals surface area contributed by atoms with Gasteiger partial charge in [-0.25, -0.2) is 49.7 Å². The third-order valence-corrected chi connectivity index (χ3v) is 14.9. The Kier molecular flexibility index (Phi) is 17.8. The molecular formula is C61H71N17O8. The van der Waals surface area contributed by atoms with Crippen LogP contribution in [0.2, 0.25) is 0 Å². The van der Waals surface area contributed by atoms with Crippen molar-refractivity contribution < 1.29 is 38.1 Å². The summed E-state index contributed by atoms with van der Waals surface area (Å²) in [5.41, 5.74) is 6.54. The van der Waals surface area contributed by atoms with Crippen LogP contribution in [0.1, 0.15) is 123 Å². The molecule has 3 fully saturated rings. The Labute approximate surface area is 498 Å². The molecule has 11 heterocycles. The minimum atomic E-state index is -0.703. The number of aromatic nitrogens is 12. The van der Waals surface area contributed by atoms with Crippen molar-refractivity contribution in [2.75, 3.05) is 46.3 Å². The lowest BCUT2D eigenvalue weighted by atomic mass is 10.1. The Bertz CT molecular complexity index is 3630. The maximum absolute atomic E-state index is 13.7. The topological polar surface area (TPSA) is 262 Å². The van der Waals surface area contributed by atoms with Gasteiger partial charge in [-0.1, -0.05) is 12.1 Å². The molecule has 0 spiro atoms. The first-order chi connectivity index (χ1) is 41.7. The van der Waals surface area contributed by atoms with Crippen LogP contribution in [0.3, 0.4) is 0 Å². The number of hydrogen-bond acceptors (Lipinski definition) is 19. The average molecular weight is 1170 g/mol. The van der Waals surface area contributed by atoms with Crippen LogP contribution >= 0.6 is 0 Å². The van der Waals surface area contributed by atoms with E-state index in [4.69, 9.17) is 33.7 Å². The van der Waals surface area contributed by atoms with Crippen molar-refractivity contribution in [1.82, 2.24) is 83.9 Å². The van der Waals surface area contributed by atoms with Crippen molar-refractivity contribution in [3.05, 3.63) is 156 Å². The Morgan fingerprint density at radius 2 is 1.09 bits per heavy atom. The van der Waals surface area contributed by atoms with Gasteiger partial charge in [0.2, 0.25) is 43.2 Å². The predicted octanol–water partition coefficient (Wildman–Crippen LogP) is 7.35. The van der Waals surface area contributed by atoms with E-state index >= 15 is 0 Å². The normalized spacial score (nSPS) is 17.4. The fourth-order valence-corrected chi connectivity index (χ4v) is 10.9. The summed E-state index contributed by atoms with van der Waals surface area (Å²) in [5, 5.41) is 6.71. The number of benzene rings is 2. The maximum Gasteiger partial charge on any atom is 0.411 e. The summed E-state index contributed by atoms with van der Waals surface area (Å²) < 4.78 is 32.6. The molecule has 2 aromatic carbocycles. The Morgan fingerprint density at radius 1 is 0.605 bits per heavy atom. The Balaban J connectivity index is 0.000000143. The van der Waals surface area contributed by atoms with E-state index in [1.54, 1.807) is 84.6 Å². The van der Waals surface area contributed by atoms with Gasteiger partial charge in [0.15, 0.2) is 23.0 Å². The lowest BCUT2D eigenvalue weighted by Gasteiger charge is -2.30. The maximum atomic E-state index is 13.7. The lowest BCUT2D eigenvalue weighted by Crippen LogP contribution is -2.44. The van der Waals surface area contributed by atoms with Crippen molar-refractivity contribution >= 4 is 17.9 Å². The minimum absolute atomic E-state index is 0.0381. The van der Waals surface area contributed by atoms with Crippen LogP contribution < -0.4 is 29.6 Å². The molecule has 3 saturated heterocycles. The highest BCUT2D eigenvalue weighted by Gasteiger charge is 2.35. The molecular weight excluding hydrogens is 1100 g/mol. The number of imidazole rings is 3. The molecule has 2 N–H and O–H groups in total. The molecule has 0 aliphatic carbocycles. The van der Waals surface area contributed by atoms with E-state index in [1.165, 1.54) is 11.3 Å². The fraction of sp³-hybridized carbons (Fsp3) is 0.410. The summed E-state index contributed by atoms with van der Waals surface area (Å²) in [4.78, 5) is 84.6. The van der Waals surface area contributed by atoms with Crippen molar-refractivity contribution in [3.63, 3.8) is 0 Å². The third-order valence-electron chi connectivity index (χ3n) is 14.9. The number of carbonyl (C=O) groups excluding carboxylic acids is 3. The zero-order valence-electron chi connectivity index (χ0n) is 49.2. The predicted molar refractivity (Wildman–Crippen MR) is 313 cm³/mol. The fourth-order valence-electron chi connectivity index (χ4n) is 10.9. The van der Waals surface area contributed by atoms with Crippen LogP contribution in [0.25, 0.3) is 17.8 Å².